The molecule has 1 aromatic carbocycles. The molecule has 1 atom stereocenters. The van der Waals surface area contributed by atoms with Gasteiger partial charge in [-0.15, -0.1) is 0 Å². The Labute approximate surface area is 124 Å². The molecule has 0 aliphatic heterocycles. The first-order valence-corrected chi connectivity index (χ1v) is 7.37. The molecule has 2 nitrogen and oxygen atoms in total. The largest absolute Gasteiger partial charge is 0.378 e. The molecule has 1 heterocycles. The number of aryl methyl sites for hydroxylation is 2. The SMILES string of the molecule is CC(C)C1(O)c2ccc(Cl)cc2CCc2cccnc21. The number of aromatic nitrogens is 1. The van der Waals surface area contributed by atoms with Gasteiger partial charge in [0.2, 0.25) is 0 Å². The maximum Gasteiger partial charge on any atom is 0.134 e. The fraction of sp³-hybridized carbons (Fsp3) is 0.353. The zero-order chi connectivity index (χ0) is 14.3. The van der Waals surface area contributed by atoms with E-state index in [9.17, 15) is 5.11 Å². The Hall–Kier alpha value is -1.38. The van der Waals surface area contributed by atoms with Gasteiger partial charge in [-0.1, -0.05) is 37.6 Å². The van der Waals surface area contributed by atoms with Crippen LogP contribution in [0.5, 0.6) is 0 Å². The Morgan fingerprint density at radius 1 is 1.20 bits per heavy atom. The van der Waals surface area contributed by atoms with E-state index < -0.39 is 5.60 Å². The fourth-order valence-electron chi connectivity index (χ4n) is 3.11. The molecule has 1 N–H and O–H groups in total. The molecule has 2 aromatic rings. The summed E-state index contributed by atoms with van der Waals surface area (Å²) in [6.45, 7) is 4.06. The summed E-state index contributed by atoms with van der Waals surface area (Å²) in [6.07, 6.45) is 3.52. The first-order valence-electron chi connectivity index (χ1n) is 6.99. The predicted molar refractivity (Wildman–Crippen MR) is 80.9 cm³/mol. The van der Waals surface area contributed by atoms with Crippen LogP contribution < -0.4 is 0 Å². The van der Waals surface area contributed by atoms with Crippen LogP contribution in [0.4, 0.5) is 0 Å². The van der Waals surface area contributed by atoms with Gasteiger partial charge in [0.15, 0.2) is 0 Å². The number of pyridine rings is 1. The summed E-state index contributed by atoms with van der Waals surface area (Å²) in [7, 11) is 0. The number of benzene rings is 1. The van der Waals surface area contributed by atoms with Crippen molar-refractivity contribution in [3.8, 4) is 0 Å². The fourth-order valence-corrected chi connectivity index (χ4v) is 3.30. The van der Waals surface area contributed by atoms with Crippen molar-refractivity contribution < 1.29 is 5.11 Å². The second-order valence-corrected chi connectivity index (χ2v) is 6.17. The molecule has 0 spiro atoms. The van der Waals surface area contributed by atoms with Crippen LogP contribution in [0.2, 0.25) is 5.02 Å². The summed E-state index contributed by atoms with van der Waals surface area (Å²) in [4.78, 5) is 4.49. The van der Waals surface area contributed by atoms with E-state index in [0.717, 1.165) is 35.2 Å². The maximum atomic E-state index is 11.4. The van der Waals surface area contributed by atoms with Gasteiger partial charge in [0.05, 0.1) is 5.69 Å². The highest BCUT2D eigenvalue weighted by Crippen LogP contribution is 2.42. The molecule has 0 saturated heterocycles. The van der Waals surface area contributed by atoms with Gasteiger partial charge < -0.3 is 5.11 Å². The van der Waals surface area contributed by atoms with Gasteiger partial charge in [-0.25, -0.2) is 0 Å². The van der Waals surface area contributed by atoms with Gasteiger partial charge in [0.1, 0.15) is 5.60 Å². The highest BCUT2D eigenvalue weighted by atomic mass is 35.5. The molecule has 3 rings (SSSR count). The number of aliphatic hydroxyl groups is 1. The molecular weight excluding hydrogens is 270 g/mol. The minimum Gasteiger partial charge on any atom is -0.378 e. The molecule has 1 aliphatic carbocycles. The molecule has 0 amide bonds. The van der Waals surface area contributed by atoms with Crippen molar-refractivity contribution in [2.75, 3.05) is 0 Å². The molecule has 20 heavy (non-hydrogen) atoms. The number of hydrogen-bond donors (Lipinski definition) is 1. The van der Waals surface area contributed by atoms with E-state index in [-0.39, 0.29) is 5.92 Å². The second kappa shape index (κ2) is 4.87. The third-order valence-electron chi connectivity index (χ3n) is 4.23. The van der Waals surface area contributed by atoms with Crippen LogP contribution in [-0.2, 0) is 18.4 Å². The lowest BCUT2D eigenvalue weighted by atomic mass is 9.78. The van der Waals surface area contributed by atoms with E-state index in [1.165, 1.54) is 0 Å². The second-order valence-electron chi connectivity index (χ2n) is 5.73. The summed E-state index contributed by atoms with van der Waals surface area (Å²) in [5.41, 5.74) is 2.92. The van der Waals surface area contributed by atoms with E-state index in [2.05, 4.69) is 11.1 Å². The van der Waals surface area contributed by atoms with E-state index >= 15 is 0 Å². The van der Waals surface area contributed by atoms with Crippen LogP contribution in [0.15, 0.2) is 36.5 Å². The van der Waals surface area contributed by atoms with E-state index in [4.69, 9.17) is 11.6 Å². The van der Waals surface area contributed by atoms with Crippen LogP contribution in [-0.4, -0.2) is 10.1 Å². The number of hydrogen-bond acceptors (Lipinski definition) is 2. The Morgan fingerprint density at radius 2 is 1.95 bits per heavy atom. The van der Waals surface area contributed by atoms with E-state index in [1.807, 2.05) is 38.1 Å². The predicted octanol–water partition coefficient (Wildman–Crippen LogP) is 3.73. The van der Waals surface area contributed by atoms with Crippen molar-refractivity contribution in [2.45, 2.75) is 32.3 Å². The molecule has 104 valence electrons. The molecule has 0 saturated carbocycles. The first kappa shape index (κ1) is 13.6. The first-order chi connectivity index (χ1) is 9.53. The van der Waals surface area contributed by atoms with Crippen LogP contribution in [0.3, 0.4) is 0 Å². The lowest BCUT2D eigenvalue weighted by molar-refractivity contribution is 0.0269. The van der Waals surface area contributed by atoms with Crippen molar-refractivity contribution >= 4 is 11.6 Å². The third kappa shape index (κ3) is 1.95. The zero-order valence-electron chi connectivity index (χ0n) is 11.7. The Morgan fingerprint density at radius 3 is 2.70 bits per heavy atom. The Kier molecular flexibility index (Phi) is 3.31. The topological polar surface area (TPSA) is 33.1 Å². The molecule has 0 fully saturated rings. The quantitative estimate of drug-likeness (QED) is 0.867. The smallest absolute Gasteiger partial charge is 0.134 e. The van der Waals surface area contributed by atoms with Crippen LogP contribution >= 0.6 is 11.6 Å². The molecular formula is C17H18ClNO. The molecule has 0 radical (unpaired) electrons. The Balaban J connectivity index is 2.31. The van der Waals surface area contributed by atoms with Gasteiger partial charge in [0.25, 0.3) is 0 Å². The molecule has 1 aromatic heterocycles. The van der Waals surface area contributed by atoms with Crippen LogP contribution in [0.1, 0.15) is 36.2 Å². The summed E-state index contributed by atoms with van der Waals surface area (Å²) >= 11 is 6.12. The number of rotatable bonds is 1. The lowest BCUT2D eigenvalue weighted by Gasteiger charge is -2.33. The van der Waals surface area contributed by atoms with Crippen LogP contribution in [0.25, 0.3) is 0 Å². The Bertz CT molecular complexity index is 653. The highest BCUT2D eigenvalue weighted by Gasteiger charge is 2.41. The van der Waals surface area contributed by atoms with Gasteiger partial charge in [0, 0.05) is 11.2 Å². The monoisotopic (exact) mass is 287 g/mol. The summed E-state index contributed by atoms with van der Waals surface area (Å²) < 4.78 is 0. The van der Waals surface area contributed by atoms with Crippen molar-refractivity contribution in [3.05, 3.63) is 63.9 Å². The van der Waals surface area contributed by atoms with Crippen molar-refractivity contribution in [3.63, 3.8) is 0 Å². The number of fused-ring (bicyclic) bond motifs is 2. The van der Waals surface area contributed by atoms with Crippen molar-refractivity contribution in [2.24, 2.45) is 5.92 Å². The minimum atomic E-state index is -1.05. The number of halogens is 1. The molecule has 1 unspecified atom stereocenters. The van der Waals surface area contributed by atoms with E-state index in [0.29, 0.717) is 5.02 Å². The van der Waals surface area contributed by atoms with Gasteiger partial charge in [-0.3, -0.25) is 4.98 Å². The minimum absolute atomic E-state index is 0.0363. The summed E-state index contributed by atoms with van der Waals surface area (Å²) in [5.74, 6) is 0.0363. The molecule has 3 heteroatoms. The average Bonchev–Trinajstić information content (AvgIpc) is 2.56. The van der Waals surface area contributed by atoms with E-state index in [1.54, 1.807) is 6.20 Å². The molecule has 0 bridgehead atoms. The highest BCUT2D eigenvalue weighted by molar-refractivity contribution is 6.30. The van der Waals surface area contributed by atoms with Gasteiger partial charge in [-0.2, -0.15) is 0 Å². The van der Waals surface area contributed by atoms with Crippen molar-refractivity contribution in [1.29, 1.82) is 0 Å². The number of nitrogens with zero attached hydrogens (tertiary/aromatic N) is 1. The maximum absolute atomic E-state index is 11.4. The lowest BCUT2D eigenvalue weighted by Crippen LogP contribution is -2.35. The normalized spacial score (nSPS) is 21.2. The summed E-state index contributed by atoms with van der Waals surface area (Å²) in [5, 5.41) is 12.1. The van der Waals surface area contributed by atoms with Crippen LogP contribution in [0, 0.1) is 5.92 Å². The van der Waals surface area contributed by atoms with Crippen molar-refractivity contribution in [1.82, 2.24) is 4.98 Å². The van der Waals surface area contributed by atoms with Gasteiger partial charge >= 0.3 is 0 Å². The standard InChI is InChI=1S/C17H18ClNO/c1-11(2)17(20)15-8-7-14(18)10-13(15)6-5-12-4-3-9-19-16(12)17/h3-4,7-11,20H,5-6H2,1-2H3. The summed E-state index contributed by atoms with van der Waals surface area (Å²) in [6, 6.07) is 9.75. The zero-order valence-corrected chi connectivity index (χ0v) is 12.5. The third-order valence-corrected chi connectivity index (χ3v) is 4.46. The average molecular weight is 288 g/mol. The molecule has 1 aliphatic rings. The van der Waals surface area contributed by atoms with Gasteiger partial charge in [-0.05, 0) is 53.6 Å².